The monoisotopic (exact) mass is 186 g/mol. The molecule has 5 heteroatoms. The quantitative estimate of drug-likeness (QED) is 0.389. The van der Waals surface area contributed by atoms with Crippen molar-refractivity contribution in [1.29, 1.82) is 0 Å². The van der Waals surface area contributed by atoms with Crippen LogP contribution in [0, 0.1) is 5.82 Å². The molecule has 0 radical (unpaired) electrons. The van der Waals surface area contributed by atoms with E-state index in [0.717, 1.165) is 6.07 Å². The second-order valence-electron chi connectivity index (χ2n) is 2.73. The third kappa shape index (κ3) is 1.88. The minimum Gasteiger partial charge on any atom is -0.505 e. The van der Waals surface area contributed by atoms with Crippen molar-refractivity contribution in [2.75, 3.05) is 12.3 Å². The fraction of sp³-hybridized carbons (Fsp3) is 0.250. The Kier molecular flexibility index (Phi) is 2.69. The minimum atomic E-state index is -0.834. The molecule has 1 rings (SSSR count). The van der Waals surface area contributed by atoms with Crippen LogP contribution in [0.5, 0.6) is 5.75 Å². The van der Waals surface area contributed by atoms with Crippen LogP contribution in [-0.4, -0.2) is 16.8 Å². The summed E-state index contributed by atoms with van der Waals surface area (Å²) in [6.45, 7) is -0.379. The summed E-state index contributed by atoms with van der Waals surface area (Å²) < 4.78 is 12.9. The van der Waals surface area contributed by atoms with Crippen LogP contribution in [0.15, 0.2) is 12.1 Å². The zero-order valence-electron chi connectivity index (χ0n) is 6.87. The zero-order chi connectivity index (χ0) is 10.0. The molecule has 0 fully saturated rings. The summed E-state index contributed by atoms with van der Waals surface area (Å²) in [4.78, 5) is 0. The number of nitrogens with two attached hydrogens (primary N) is 2. The van der Waals surface area contributed by atoms with E-state index in [1.54, 1.807) is 0 Å². The fourth-order valence-corrected chi connectivity index (χ4v) is 1.02. The van der Waals surface area contributed by atoms with Crippen molar-refractivity contribution in [2.45, 2.75) is 6.04 Å². The highest BCUT2D eigenvalue weighted by Crippen LogP contribution is 2.28. The molecule has 1 aromatic carbocycles. The standard InChI is InChI=1S/C8H11FN2O2/c9-6-2-4(10)1-5(8(6)13)7(11)3-12/h1-2,7,12-13H,3,10-11H2/t7-/m0/s1. The Labute approximate surface area is 74.6 Å². The average molecular weight is 186 g/mol. The molecule has 0 saturated carbocycles. The van der Waals surface area contributed by atoms with Gasteiger partial charge in [-0.1, -0.05) is 0 Å². The second-order valence-corrected chi connectivity index (χ2v) is 2.73. The topological polar surface area (TPSA) is 92.5 Å². The number of hydrogen-bond acceptors (Lipinski definition) is 4. The number of hydrogen-bond donors (Lipinski definition) is 4. The Morgan fingerprint density at radius 1 is 1.46 bits per heavy atom. The maximum Gasteiger partial charge on any atom is 0.167 e. The SMILES string of the molecule is Nc1cc(F)c(O)c([C@@H](N)CO)c1. The predicted octanol–water partition coefficient (Wildman–Crippen LogP) is 0.106. The van der Waals surface area contributed by atoms with Crippen molar-refractivity contribution < 1.29 is 14.6 Å². The van der Waals surface area contributed by atoms with E-state index in [2.05, 4.69) is 0 Å². The molecule has 13 heavy (non-hydrogen) atoms. The number of aromatic hydroxyl groups is 1. The maximum absolute atomic E-state index is 12.9. The molecule has 0 unspecified atom stereocenters. The second kappa shape index (κ2) is 3.59. The van der Waals surface area contributed by atoms with Gasteiger partial charge in [0.1, 0.15) is 0 Å². The number of halogens is 1. The van der Waals surface area contributed by atoms with Crippen molar-refractivity contribution >= 4 is 5.69 Å². The average Bonchev–Trinajstić information content (AvgIpc) is 2.10. The lowest BCUT2D eigenvalue weighted by atomic mass is 10.1. The van der Waals surface area contributed by atoms with E-state index in [9.17, 15) is 9.50 Å². The molecule has 4 nitrogen and oxygen atoms in total. The van der Waals surface area contributed by atoms with E-state index in [0.29, 0.717) is 0 Å². The van der Waals surface area contributed by atoms with Crippen molar-refractivity contribution in [3.63, 3.8) is 0 Å². The number of benzene rings is 1. The number of rotatable bonds is 2. The molecule has 6 N–H and O–H groups in total. The Morgan fingerprint density at radius 2 is 2.08 bits per heavy atom. The normalized spacial score (nSPS) is 12.8. The van der Waals surface area contributed by atoms with Crippen molar-refractivity contribution in [3.8, 4) is 5.75 Å². The first-order chi connectivity index (χ1) is 6.06. The summed E-state index contributed by atoms with van der Waals surface area (Å²) in [7, 11) is 0. The number of aliphatic hydroxyl groups is 1. The van der Waals surface area contributed by atoms with Crippen LogP contribution < -0.4 is 11.5 Å². The summed E-state index contributed by atoms with van der Waals surface area (Å²) in [5.41, 5.74) is 11.0. The van der Waals surface area contributed by atoms with Crippen LogP contribution in [-0.2, 0) is 0 Å². The van der Waals surface area contributed by atoms with Gasteiger partial charge in [-0.3, -0.25) is 0 Å². The number of phenolic OH excluding ortho intramolecular Hbond substituents is 1. The predicted molar refractivity (Wildman–Crippen MR) is 46.5 cm³/mol. The van der Waals surface area contributed by atoms with Crippen molar-refractivity contribution in [3.05, 3.63) is 23.5 Å². The highest BCUT2D eigenvalue weighted by atomic mass is 19.1. The first-order valence-electron chi connectivity index (χ1n) is 3.70. The summed E-state index contributed by atoms with van der Waals surface area (Å²) in [6.07, 6.45) is 0. The number of anilines is 1. The van der Waals surface area contributed by atoms with Gasteiger partial charge >= 0.3 is 0 Å². The molecule has 1 atom stereocenters. The third-order valence-electron chi connectivity index (χ3n) is 1.71. The van der Waals surface area contributed by atoms with Gasteiger partial charge in [0.15, 0.2) is 11.6 Å². The van der Waals surface area contributed by atoms with Gasteiger partial charge in [0.2, 0.25) is 0 Å². The van der Waals surface area contributed by atoms with Crippen molar-refractivity contribution in [2.24, 2.45) is 5.73 Å². The van der Waals surface area contributed by atoms with Gasteiger partial charge in [-0.2, -0.15) is 0 Å². The van der Waals surface area contributed by atoms with Gasteiger partial charge < -0.3 is 21.7 Å². The first-order valence-corrected chi connectivity index (χ1v) is 3.70. The van der Waals surface area contributed by atoms with Gasteiger partial charge in [0.05, 0.1) is 12.6 Å². The lowest BCUT2D eigenvalue weighted by molar-refractivity contribution is 0.264. The molecule has 72 valence electrons. The van der Waals surface area contributed by atoms with E-state index in [-0.39, 0.29) is 17.9 Å². The van der Waals surface area contributed by atoms with Gasteiger partial charge in [-0.25, -0.2) is 4.39 Å². The maximum atomic E-state index is 12.9. The summed E-state index contributed by atoms with van der Waals surface area (Å²) in [6, 6.07) is 1.50. The summed E-state index contributed by atoms with van der Waals surface area (Å²) in [5, 5.41) is 17.9. The Balaban J connectivity index is 3.20. The first kappa shape index (κ1) is 9.76. The number of phenols is 1. The van der Waals surface area contributed by atoms with E-state index < -0.39 is 17.6 Å². The van der Waals surface area contributed by atoms with Crippen LogP contribution in [0.25, 0.3) is 0 Å². The Morgan fingerprint density at radius 3 is 2.62 bits per heavy atom. The van der Waals surface area contributed by atoms with Crippen LogP contribution in [0.3, 0.4) is 0 Å². The lowest BCUT2D eigenvalue weighted by Gasteiger charge is -2.11. The van der Waals surface area contributed by atoms with E-state index in [1.165, 1.54) is 6.07 Å². The van der Waals surface area contributed by atoms with Gasteiger partial charge in [0.25, 0.3) is 0 Å². The minimum absolute atomic E-state index is 0.111. The Hall–Kier alpha value is -1.33. The largest absolute Gasteiger partial charge is 0.505 e. The number of aliphatic hydroxyl groups excluding tert-OH is 1. The van der Waals surface area contributed by atoms with Gasteiger partial charge in [-0.15, -0.1) is 0 Å². The molecular formula is C8H11FN2O2. The smallest absolute Gasteiger partial charge is 0.167 e. The van der Waals surface area contributed by atoms with Crippen LogP contribution in [0.2, 0.25) is 0 Å². The van der Waals surface area contributed by atoms with E-state index >= 15 is 0 Å². The zero-order valence-corrected chi connectivity index (χ0v) is 6.87. The molecule has 0 bridgehead atoms. The molecule has 0 amide bonds. The molecule has 0 aliphatic rings. The molecule has 0 aliphatic carbocycles. The fourth-order valence-electron chi connectivity index (χ4n) is 1.02. The van der Waals surface area contributed by atoms with Crippen LogP contribution in [0.1, 0.15) is 11.6 Å². The van der Waals surface area contributed by atoms with Crippen LogP contribution >= 0.6 is 0 Å². The summed E-state index contributed by atoms with van der Waals surface area (Å²) >= 11 is 0. The molecule has 0 saturated heterocycles. The van der Waals surface area contributed by atoms with Gasteiger partial charge in [0, 0.05) is 17.3 Å². The van der Waals surface area contributed by atoms with E-state index in [4.69, 9.17) is 16.6 Å². The van der Waals surface area contributed by atoms with Crippen molar-refractivity contribution in [1.82, 2.24) is 0 Å². The molecular weight excluding hydrogens is 175 g/mol. The molecule has 0 aromatic heterocycles. The molecule has 0 heterocycles. The number of nitrogen functional groups attached to an aromatic ring is 1. The van der Waals surface area contributed by atoms with Crippen LogP contribution in [0.4, 0.5) is 10.1 Å². The van der Waals surface area contributed by atoms with E-state index in [1.807, 2.05) is 0 Å². The highest BCUT2D eigenvalue weighted by Gasteiger charge is 2.14. The highest BCUT2D eigenvalue weighted by molar-refractivity contribution is 5.49. The Bertz CT molecular complexity index is 317. The van der Waals surface area contributed by atoms with Gasteiger partial charge in [-0.05, 0) is 6.07 Å². The molecule has 1 aromatic rings. The summed E-state index contributed by atoms with van der Waals surface area (Å²) in [5.74, 6) is -1.39. The molecule has 0 aliphatic heterocycles. The third-order valence-corrected chi connectivity index (χ3v) is 1.71. The molecule has 0 spiro atoms. The lowest BCUT2D eigenvalue weighted by Crippen LogP contribution is -2.15.